The van der Waals surface area contributed by atoms with Crippen molar-refractivity contribution in [3.05, 3.63) is 5.01 Å². The molecule has 2 fully saturated rings. The Kier molecular flexibility index (Phi) is 2.52. The number of aromatic nitrogens is 2. The minimum absolute atomic E-state index is 0.206. The van der Waals surface area contributed by atoms with Crippen LogP contribution in [-0.2, 0) is 0 Å². The van der Waals surface area contributed by atoms with Crippen molar-refractivity contribution in [2.24, 2.45) is 0 Å². The van der Waals surface area contributed by atoms with Crippen LogP contribution in [0.4, 0.5) is 9.93 Å². The first kappa shape index (κ1) is 10.9. The summed E-state index contributed by atoms with van der Waals surface area (Å²) in [4.78, 5) is 14.9. The van der Waals surface area contributed by atoms with Gasteiger partial charge in [0.2, 0.25) is 5.13 Å². The molecular weight excluding hydrogens is 240 g/mol. The quantitative estimate of drug-likeness (QED) is 0.854. The van der Waals surface area contributed by atoms with Gasteiger partial charge in [-0.3, -0.25) is 0 Å². The second-order valence-electron chi connectivity index (χ2n) is 4.54. The van der Waals surface area contributed by atoms with Crippen molar-refractivity contribution >= 4 is 22.5 Å². The van der Waals surface area contributed by atoms with Gasteiger partial charge in [0.05, 0.1) is 0 Å². The summed E-state index contributed by atoms with van der Waals surface area (Å²) < 4.78 is 0. The van der Waals surface area contributed by atoms with Gasteiger partial charge in [-0.2, -0.15) is 0 Å². The van der Waals surface area contributed by atoms with E-state index in [4.69, 9.17) is 0 Å². The molecule has 1 aromatic heterocycles. The second-order valence-corrected chi connectivity index (χ2v) is 5.53. The maximum Gasteiger partial charge on any atom is 0.328 e. The number of carbonyl (C=O) groups is 1. The highest BCUT2D eigenvalue weighted by atomic mass is 32.1. The number of amides is 2. The predicted molar refractivity (Wildman–Crippen MR) is 63.0 cm³/mol. The van der Waals surface area contributed by atoms with Crippen LogP contribution in [-0.4, -0.2) is 46.1 Å². The molecule has 1 saturated heterocycles. The van der Waals surface area contributed by atoms with Crippen molar-refractivity contribution in [3.8, 4) is 0 Å². The average Bonchev–Trinajstić information content (AvgIpc) is 3.05. The van der Waals surface area contributed by atoms with E-state index in [0.717, 1.165) is 17.8 Å². The number of carbonyl (C=O) groups excluding carboxylic acids is 1. The molecule has 17 heavy (non-hydrogen) atoms. The van der Waals surface area contributed by atoms with Gasteiger partial charge < -0.3 is 10.0 Å². The van der Waals surface area contributed by atoms with Crippen molar-refractivity contribution < 1.29 is 9.90 Å². The van der Waals surface area contributed by atoms with Gasteiger partial charge in [0.15, 0.2) is 0 Å². The number of aliphatic hydroxyl groups is 1. The molecule has 1 aliphatic heterocycles. The van der Waals surface area contributed by atoms with E-state index in [1.165, 1.54) is 16.2 Å². The maximum atomic E-state index is 12.0. The first-order chi connectivity index (χ1) is 8.16. The smallest absolute Gasteiger partial charge is 0.328 e. The zero-order valence-electron chi connectivity index (χ0n) is 9.54. The third-order valence-electron chi connectivity index (χ3n) is 3.12. The first-order valence-electron chi connectivity index (χ1n) is 5.72. The molecule has 0 radical (unpaired) electrons. The highest BCUT2D eigenvalue weighted by Gasteiger charge is 2.35. The molecule has 1 aliphatic carbocycles. The lowest BCUT2D eigenvalue weighted by Crippen LogP contribution is -2.53. The van der Waals surface area contributed by atoms with E-state index in [1.54, 1.807) is 11.9 Å². The van der Waals surface area contributed by atoms with E-state index in [-0.39, 0.29) is 6.03 Å². The maximum absolute atomic E-state index is 12.0. The fourth-order valence-electron chi connectivity index (χ4n) is 1.87. The third-order valence-corrected chi connectivity index (χ3v) is 4.20. The van der Waals surface area contributed by atoms with Gasteiger partial charge in [-0.1, -0.05) is 11.3 Å². The Labute approximate surface area is 103 Å². The molecule has 2 heterocycles. The van der Waals surface area contributed by atoms with E-state index in [2.05, 4.69) is 10.2 Å². The number of nitrogens with zero attached hydrogens (tertiary/aromatic N) is 4. The summed E-state index contributed by atoms with van der Waals surface area (Å²) in [7, 11) is 1.73. The molecule has 1 atom stereocenters. The van der Waals surface area contributed by atoms with Crippen molar-refractivity contribution in [2.75, 3.05) is 18.5 Å². The molecule has 2 aliphatic rings. The van der Waals surface area contributed by atoms with Gasteiger partial charge in [-0.25, -0.2) is 9.69 Å². The van der Waals surface area contributed by atoms with Crippen LogP contribution in [0.15, 0.2) is 0 Å². The second kappa shape index (κ2) is 3.92. The molecular formula is C10H14N4O2S. The van der Waals surface area contributed by atoms with Crippen LogP contribution in [0.1, 0.15) is 30.2 Å². The molecule has 92 valence electrons. The average molecular weight is 254 g/mol. The highest BCUT2D eigenvalue weighted by Crippen LogP contribution is 2.43. The number of rotatable bonds is 2. The molecule has 2 amide bonds. The Bertz CT molecular complexity index is 445. The normalized spacial score (nSPS) is 25.5. The summed E-state index contributed by atoms with van der Waals surface area (Å²) in [6, 6.07) is -0.206. The fourth-order valence-corrected chi connectivity index (χ4v) is 2.92. The zero-order valence-corrected chi connectivity index (χ0v) is 10.4. The predicted octanol–water partition coefficient (Wildman–Crippen LogP) is 0.996. The lowest BCUT2D eigenvalue weighted by molar-refractivity contribution is 0.116. The van der Waals surface area contributed by atoms with Gasteiger partial charge >= 0.3 is 6.03 Å². The van der Waals surface area contributed by atoms with Gasteiger partial charge in [0, 0.05) is 25.9 Å². The largest absolute Gasteiger partial charge is 0.373 e. The number of hydrogen-bond acceptors (Lipinski definition) is 5. The van der Waals surface area contributed by atoms with Gasteiger partial charge in [-0.05, 0) is 12.8 Å². The molecule has 1 unspecified atom stereocenters. The molecule has 1 saturated carbocycles. The standard InChI is InChI=1S/C10H14N4O2S/c1-13-5-4-7(15)14(10(13)16)9-12-11-8(17-9)6-2-3-6/h6-7,15H,2-5H2,1H3. The molecule has 1 aromatic rings. The number of hydrogen-bond donors (Lipinski definition) is 1. The molecule has 0 spiro atoms. The van der Waals surface area contributed by atoms with Gasteiger partial charge in [0.25, 0.3) is 0 Å². The monoisotopic (exact) mass is 254 g/mol. The van der Waals surface area contributed by atoms with Crippen LogP contribution in [0.25, 0.3) is 0 Å². The fraction of sp³-hybridized carbons (Fsp3) is 0.700. The Balaban J connectivity index is 1.86. The third kappa shape index (κ3) is 1.89. The lowest BCUT2D eigenvalue weighted by Gasteiger charge is -2.35. The SMILES string of the molecule is CN1CCC(O)N(c2nnc(C3CC3)s2)C1=O. The van der Waals surface area contributed by atoms with Gasteiger partial charge in [-0.15, -0.1) is 10.2 Å². The van der Waals surface area contributed by atoms with Crippen LogP contribution in [0, 0.1) is 0 Å². The topological polar surface area (TPSA) is 69.6 Å². The minimum Gasteiger partial charge on any atom is -0.373 e. The van der Waals surface area contributed by atoms with Crippen molar-refractivity contribution in [1.82, 2.24) is 15.1 Å². The van der Waals surface area contributed by atoms with Crippen molar-refractivity contribution in [1.29, 1.82) is 0 Å². The summed E-state index contributed by atoms with van der Waals surface area (Å²) in [6.45, 7) is 0.574. The molecule has 1 N–H and O–H groups in total. The lowest BCUT2D eigenvalue weighted by atomic mass is 10.3. The zero-order chi connectivity index (χ0) is 12.0. The van der Waals surface area contributed by atoms with E-state index in [0.29, 0.717) is 24.0 Å². The Morgan fingerprint density at radius 3 is 2.82 bits per heavy atom. The summed E-state index contributed by atoms with van der Waals surface area (Å²) in [5.74, 6) is 0.524. The molecule has 6 nitrogen and oxygen atoms in total. The summed E-state index contributed by atoms with van der Waals surface area (Å²) in [5.41, 5.74) is 0. The van der Waals surface area contributed by atoms with Crippen molar-refractivity contribution in [2.45, 2.75) is 31.4 Å². The van der Waals surface area contributed by atoms with E-state index >= 15 is 0 Å². The van der Waals surface area contributed by atoms with Crippen LogP contribution < -0.4 is 4.90 Å². The van der Waals surface area contributed by atoms with E-state index in [1.807, 2.05) is 0 Å². The van der Waals surface area contributed by atoms with Gasteiger partial charge in [0.1, 0.15) is 11.2 Å². The molecule has 7 heteroatoms. The summed E-state index contributed by atoms with van der Waals surface area (Å²) in [6.07, 6.45) is 2.08. The van der Waals surface area contributed by atoms with Crippen molar-refractivity contribution in [3.63, 3.8) is 0 Å². The highest BCUT2D eigenvalue weighted by molar-refractivity contribution is 7.15. The Hall–Kier alpha value is -1.21. The first-order valence-corrected chi connectivity index (χ1v) is 6.54. The van der Waals surface area contributed by atoms with Crippen LogP contribution >= 0.6 is 11.3 Å². The summed E-state index contributed by atoms with van der Waals surface area (Å²) >= 11 is 1.42. The number of urea groups is 1. The van der Waals surface area contributed by atoms with E-state index in [9.17, 15) is 9.90 Å². The molecule has 0 bridgehead atoms. The Morgan fingerprint density at radius 2 is 2.12 bits per heavy atom. The molecule has 0 aromatic carbocycles. The summed E-state index contributed by atoms with van der Waals surface area (Å²) in [5, 5.41) is 19.5. The van der Waals surface area contributed by atoms with E-state index < -0.39 is 6.23 Å². The molecule has 3 rings (SSSR count). The van der Waals surface area contributed by atoms with Crippen LogP contribution in [0.5, 0.6) is 0 Å². The number of aliphatic hydroxyl groups excluding tert-OH is 1. The minimum atomic E-state index is -0.779. The van der Waals surface area contributed by atoms with Crippen LogP contribution in [0.2, 0.25) is 0 Å². The number of anilines is 1. The Morgan fingerprint density at radius 1 is 1.35 bits per heavy atom. The van der Waals surface area contributed by atoms with Crippen LogP contribution in [0.3, 0.4) is 0 Å².